The van der Waals surface area contributed by atoms with E-state index >= 15 is 0 Å². The minimum Gasteiger partial charge on any atom is -0.478 e. The van der Waals surface area contributed by atoms with Crippen LogP contribution in [0.1, 0.15) is 21.5 Å². The average Bonchev–Trinajstić information content (AvgIpc) is 2.93. The fourth-order valence-corrected chi connectivity index (χ4v) is 3.96. The molecule has 0 aliphatic carbocycles. The van der Waals surface area contributed by atoms with Gasteiger partial charge in [0.25, 0.3) is 0 Å². The second-order valence-electron chi connectivity index (χ2n) is 6.28. The summed E-state index contributed by atoms with van der Waals surface area (Å²) in [5, 5.41) is 9.37. The van der Waals surface area contributed by atoms with E-state index in [0.717, 1.165) is 5.56 Å². The number of benzene rings is 2. The van der Waals surface area contributed by atoms with Crippen molar-refractivity contribution in [1.82, 2.24) is 4.90 Å². The van der Waals surface area contributed by atoms with E-state index < -0.39 is 5.97 Å². The molecule has 1 amide bonds. The number of carbonyl (C=O) groups is 2. The van der Waals surface area contributed by atoms with Crippen molar-refractivity contribution in [3.05, 3.63) is 77.9 Å². The molecule has 1 heterocycles. The maximum Gasteiger partial charge on any atom is 0.335 e. The van der Waals surface area contributed by atoms with E-state index in [2.05, 4.69) is 11.6 Å². The molecule has 27 heavy (non-hydrogen) atoms. The third-order valence-electron chi connectivity index (χ3n) is 4.21. The van der Waals surface area contributed by atoms with Crippen LogP contribution in [0.15, 0.2) is 66.2 Å². The lowest BCUT2D eigenvalue weighted by molar-refractivity contribution is -0.125. The second-order valence-corrected chi connectivity index (χ2v) is 7.45. The van der Waals surface area contributed by atoms with Crippen molar-refractivity contribution in [1.29, 1.82) is 0 Å². The Hall–Kier alpha value is -2.86. The summed E-state index contributed by atoms with van der Waals surface area (Å²) in [6.07, 6.45) is 2.31. The summed E-state index contributed by atoms with van der Waals surface area (Å²) in [7, 11) is 0. The highest BCUT2D eigenvalue weighted by molar-refractivity contribution is 8.15. The van der Waals surface area contributed by atoms with E-state index in [1.54, 1.807) is 23.1 Å². The number of amides is 1. The van der Waals surface area contributed by atoms with Gasteiger partial charge in [-0.05, 0) is 43.2 Å². The molecule has 1 saturated heterocycles. The molecule has 1 fully saturated rings. The Morgan fingerprint density at radius 2 is 1.89 bits per heavy atom. The lowest BCUT2D eigenvalue weighted by atomic mass is 10.1. The predicted molar refractivity (Wildman–Crippen MR) is 109 cm³/mol. The van der Waals surface area contributed by atoms with Gasteiger partial charge in [-0.3, -0.25) is 9.69 Å². The Morgan fingerprint density at radius 3 is 2.48 bits per heavy atom. The van der Waals surface area contributed by atoms with Gasteiger partial charge in [0.05, 0.1) is 16.5 Å². The Labute approximate surface area is 162 Å². The molecular formula is C21H20N2O3S. The van der Waals surface area contributed by atoms with Gasteiger partial charge in [0.2, 0.25) is 5.91 Å². The Balaban J connectivity index is 1.82. The summed E-state index contributed by atoms with van der Waals surface area (Å²) in [5.41, 5.74) is 3.11. The highest BCUT2D eigenvalue weighted by atomic mass is 32.2. The molecule has 3 rings (SSSR count). The number of hydrogen-bond acceptors (Lipinski definition) is 4. The van der Waals surface area contributed by atoms with E-state index in [-0.39, 0.29) is 16.7 Å². The van der Waals surface area contributed by atoms with Gasteiger partial charge in [0.15, 0.2) is 5.17 Å². The monoisotopic (exact) mass is 380 g/mol. The number of hydrogen-bond donors (Lipinski definition) is 1. The van der Waals surface area contributed by atoms with Crippen LogP contribution >= 0.6 is 11.8 Å². The lowest BCUT2D eigenvalue weighted by Crippen LogP contribution is -2.32. The van der Waals surface area contributed by atoms with Crippen molar-refractivity contribution in [2.75, 3.05) is 6.54 Å². The number of carbonyl (C=O) groups excluding carboxylic acids is 1. The summed E-state index contributed by atoms with van der Waals surface area (Å²) in [5.74, 6) is -0.965. The number of thioether (sulfide) groups is 1. The van der Waals surface area contributed by atoms with Crippen molar-refractivity contribution in [2.24, 2.45) is 4.99 Å². The Morgan fingerprint density at radius 1 is 1.22 bits per heavy atom. The number of aryl methyl sites for hydroxylation is 1. The first-order valence-corrected chi connectivity index (χ1v) is 9.42. The van der Waals surface area contributed by atoms with Gasteiger partial charge in [-0.25, -0.2) is 9.79 Å². The molecule has 2 aromatic rings. The van der Waals surface area contributed by atoms with Gasteiger partial charge in [-0.15, -0.1) is 6.58 Å². The van der Waals surface area contributed by atoms with E-state index in [4.69, 9.17) is 5.11 Å². The van der Waals surface area contributed by atoms with Gasteiger partial charge in [0.1, 0.15) is 0 Å². The second kappa shape index (κ2) is 8.22. The van der Waals surface area contributed by atoms with Crippen molar-refractivity contribution < 1.29 is 14.7 Å². The van der Waals surface area contributed by atoms with Gasteiger partial charge in [0, 0.05) is 6.54 Å². The summed E-state index contributed by atoms with van der Waals surface area (Å²) in [6, 6.07) is 14.5. The summed E-state index contributed by atoms with van der Waals surface area (Å²) >= 11 is 1.43. The topological polar surface area (TPSA) is 70.0 Å². The van der Waals surface area contributed by atoms with Crippen molar-refractivity contribution >= 4 is 34.5 Å². The molecule has 0 aromatic heterocycles. The summed E-state index contributed by atoms with van der Waals surface area (Å²) in [6.45, 7) is 6.15. The zero-order valence-corrected chi connectivity index (χ0v) is 15.8. The van der Waals surface area contributed by atoms with Crippen LogP contribution in [0, 0.1) is 6.92 Å². The van der Waals surface area contributed by atoms with Crippen molar-refractivity contribution in [3.63, 3.8) is 0 Å². The fourth-order valence-electron chi connectivity index (χ4n) is 2.75. The first-order chi connectivity index (χ1) is 13.0. The number of aromatic carboxylic acids is 1. The third-order valence-corrected chi connectivity index (χ3v) is 5.39. The molecule has 1 aliphatic rings. The van der Waals surface area contributed by atoms with E-state index in [1.165, 1.54) is 29.5 Å². The number of aliphatic imine (C=N–C) groups is 1. The van der Waals surface area contributed by atoms with Crippen LogP contribution in [-0.4, -0.2) is 38.8 Å². The first kappa shape index (κ1) is 18.9. The quantitative estimate of drug-likeness (QED) is 0.768. The highest BCUT2D eigenvalue weighted by Crippen LogP contribution is 2.32. The van der Waals surface area contributed by atoms with Gasteiger partial charge in [-0.2, -0.15) is 0 Å². The van der Waals surface area contributed by atoms with Crippen LogP contribution in [0.5, 0.6) is 0 Å². The standard InChI is InChI=1S/C21H20N2O3S/c1-3-12-23-19(24)18(13-15-6-4-14(2)5-7-15)27-21(23)22-17-10-8-16(9-11-17)20(25)26/h3-11,18H,1,12-13H2,2H3,(H,25,26). The van der Waals surface area contributed by atoms with Crippen LogP contribution in [0.25, 0.3) is 0 Å². The number of carboxylic acids is 1. The highest BCUT2D eigenvalue weighted by Gasteiger charge is 2.37. The summed E-state index contributed by atoms with van der Waals surface area (Å²) in [4.78, 5) is 30.0. The SMILES string of the molecule is C=CCN1C(=O)C(Cc2ccc(C)cc2)SC1=Nc1ccc(C(=O)O)cc1. The lowest BCUT2D eigenvalue weighted by Gasteiger charge is -2.13. The van der Waals surface area contributed by atoms with Crippen LogP contribution in [0.4, 0.5) is 5.69 Å². The smallest absolute Gasteiger partial charge is 0.335 e. The van der Waals surface area contributed by atoms with Crippen LogP contribution < -0.4 is 0 Å². The number of nitrogens with zero attached hydrogens (tertiary/aromatic N) is 2. The molecule has 0 bridgehead atoms. The van der Waals surface area contributed by atoms with Gasteiger partial charge in [-0.1, -0.05) is 47.7 Å². The van der Waals surface area contributed by atoms with E-state index in [1.807, 2.05) is 31.2 Å². The molecule has 2 aromatic carbocycles. The zero-order chi connectivity index (χ0) is 19.4. The molecule has 1 aliphatic heterocycles. The molecule has 0 spiro atoms. The molecule has 1 N–H and O–H groups in total. The van der Waals surface area contributed by atoms with Crippen LogP contribution in [-0.2, 0) is 11.2 Å². The maximum atomic E-state index is 12.8. The summed E-state index contributed by atoms with van der Waals surface area (Å²) < 4.78 is 0. The van der Waals surface area contributed by atoms with Crippen molar-refractivity contribution in [3.8, 4) is 0 Å². The third kappa shape index (κ3) is 4.46. The van der Waals surface area contributed by atoms with E-state index in [0.29, 0.717) is 23.8 Å². The molecule has 138 valence electrons. The largest absolute Gasteiger partial charge is 0.478 e. The maximum absolute atomic E-state index is 12.8. The van der Waals surface area contributed by atoms with Crippen LogP contribution in [0.3, 0.4) is 0 Å². The zero-order valence-electron chi connectivity index (χ0n) is 15.0. The predicted octanol–water partition coefficient (Wildman–Crippen LogP) is 4.05. The Bertz CT molecular complexity index is 889. The first-order valence-electron chi connectivity index (χ1n) is 8.54. The minimum atomic E-state index is -0.980. The average molecular weight is 380 g/mol. The molecule has 5 nitrogen and oxygen atoms in total. The molecule has 1 unspecified atom stereocenters. The van der Waals surface area contributed by atoms with E-state index in [9.17, 15) is 9.59 Å². The molecule has 6 heteroatoms. The van der Waals surface area contributed by atoms with Gasteiger partial charge < -0.3 is 5.11 Å². The number of carboxylic acid groups (broad SMARTS) is 1. The molecule has 0 saturated carbocycles. The normalized spacial score (nSPS) is 18.1. The fraction of sp³-hybridized carbons (Fsp3) is 0.190. The number of rotatable bonds is 6. The van der Waals surface area contributed by atoms with Crippen molar-refractivity contribution in [2.45, 2.75) is 18.6 Å². The van der Waals surface area contributed by atoms with Crippen LogP contribution in [0.2, 0.25) is 0 Å². The Kier molecular flexibility index (Phi) is 5.76. The minimum absolute atomic E-state index is 0.0152. The number of amidine groups is 1. The molecule has 1 atom stereocenters. The molecular weight excluding hydrogens is 360 g/mol. The molecule has 0 radical (unpaired) electrons. The van der Waals surface area contributed by atoms with Gasteiger partial charge >= 0.3 is 5.97 Å².